The molecule has 5 nitrogen and oxygen atoms in total. The van der Waals surface area contributed by atoms with Crippen LogP contribution in [0.15, 0.2) is 72.9 Å². The van der Waals surface area contributed by atoms with E-state index in [0.29, 0.717) is 5.56 Å². The zero-order chi connectivity index (χ0) is 22.0. The third kappa shape index (κ3) is 3.90. The lowest BCUT2D eigenvalue weighted by molar-refractivity contribution is -0.122. The summed E-state index contributed by atoms with van der Waals surface area (Å²) >= 11 is 6.42. The van der Waals surface area contributed by atoms with Crippen LogP contribution in [0.3, 0.4) is 0 Å². The third-order valence-electron chi connectivity index (χ3n) is 5.52. The predicted octanol–water partition coefficient (Wildman–Crippen LogP) is 4.84. The second-order valence-corrected chi connectivity index (χ2v) is 7.94. The SMILES string of the molecule is CN1C(=O)N(c2ncc(C#Cc3ccccc3)cc2Cl)C(=O)C[C@@]1(C)c1ccccc1. The quantitative estimate of drug-likeness (QED) is 0.548. The van der Waals surface area contributed by atoms with Crippen LogP contribution < -0.4 is 4.90 Å². The van der Waals surface area contributed by atoms with Gasteiger partial charge in [-0.3, -0.25) is 4.79 Å². The molecule has 0 spiro atoms. The van der Waals surface area contributed by atoms with Crippen molar-refractivity contribution < 1.29 is 9.59 Å². The number of aromatic nitrogens is 1. The van der Waals surface area contributed by atoms with Crippen molar-refractivity contribution in [1.29, 1.82) is 0 Å². The van der Waals surface area contributed by atoms with Crippen molar-refractivity contribution >= 4 is 29.4 Å². The highest BCUT2D eigenvalue weighted by Gasteiger charge is 2.47. The molecule has 0 aliphatic carbocycles. The van der Waals surface area contributed by atoms with Gasteiger partial charge in [-0.05, 0) is 30.7 Å². The average molecular weight is 430 g/mol. The topological polar surface area (TPSA) is 53.5 Å². The third-order valence-corrected chi connectivity index (χ3v) is 5.80. The van der Waals surface area contributed by atoms with Gasteiger partial charge in [0.15, 0.2) is 5.82 Å². The Bertz CT molecular complexity index is 1200. The van der Waals surface area contributed by atoms with Crippen molar-refractivity contribution in [3.63, 3.8) is 0 Å². The number of anilines is 1. The molecule has 1 atom stereocenters. The number of pyridine rings is 1. The van der Waals surface area contributed by atoms with Crippen LogP contribution in [0.5, 0.6) is 0 Å². The van der Waals surface area contributed by atoms with E-state index in [0.717, 1.165) is 16.0 Å². The van der Waals surface area contributed by atoms with Crippen LogP contribution >= 0.6 is 11.6 Å². The van der Waals surface area contributed by atoms with Crippen LogP contribution in [0, 0.1) is 11.8 Å². The summed E-state index contributed by atoms with van der Waals surface area (Å²) in [5.74, 6) is 5.80. The second kappa shape index (κ2) is 8.25. The van der Waals surface area contributed by atoms with E-state index in [1.807, 2.05) is 67.6 Å². The number of carbonyl (C=O) groups is 2. The molecule has 154 valence electrons. The Labute approximate surface area is 186 Å². The molecular formula is C25H20ClN3O2. The number of imide groups is 1. The second-order valence-electron chi connectivity index (χ2n) is 7.53. The van der Waals surface area contributed by atoms with E-state index in [9.17, 15) is 9.59 Å². The minimum Gasteiger partial charge on any atom is -0.317 e. The van der Waals surface area contributed by atoms with Crippen LogP contribution in [0.25, 0.3) is 0 Å². The molecule has 0 N–H and O–H groups in total. The van der Waals surface area contributed by atoms with E-state index in [1.165, 1.54) is 6.20 Å². The molecule has 0 saturated carbocycles. The van der Waals surface area contributed by atoms with Crippen molar-refractivity contribution in [2.24, 2.45) is 0 Å². The summed E-state index contributed by atoms with van der Waals surface area (Å²) in [5.41, 5.74) is 1.60. The summed E-state index contributed by atoms with van der Waals surface area (Å²) in [6.07, 6.45) is 1.63. The van der Waals surface area contributed by atoms with E-state index >= 15 is 0 Å². The van der Waals surface area contributed by atoms with Crippen LogP contribution in [-0.2, 0) is 10.3 Å². The fourth-order valence-electron chi connectivity index (χ4n) is 3.59. The van der Waals surface area contributed by atoms with E-state index in [-0.39, 0.29) is 23.2 Å². The van der Waals surface area contributed by atoms with E-state index < -0.39 is 11.6 Å². The summed E-state index contributed by atoms with van der Waals surface area (Å²) in [7, 11) is 1.68. The highest BCUT2D eigenvalue weighted by Crippen LogP contribution is 2.38. The van der Waals surface area contributed by atoms with E-state index in [2.05, 4.69) is 16.8 Å². The van der Waals surface area contributed by atoms with Crippen LogP contribution in [0.2, 0.25) is 5.02 Å². The molecule has 3 amide bonds. The summed E-state index contributed by atoms with van der Waals surface area (Å²) in [5, 5.41) is 0.193. The maximum Gasteiger partial charge on any atom is 0.333 e. The Morgan fingerprint density at radius 1 is 0.968 bits per heavy atom. The van der Waals surface area contributed by atoms with Gasteiger partial charge in [0.2, 0.25) is 5.91 Å². The van der Waals surface area contributed by atoms with E-state index in [1.54, 1.807) is 18.0 Å². The summed E-state index contributed by atoms with van der Waals surface area (Å²) in [6.45, 7) is 1.88. The molecule has 1 aliphatic rings. The zero-order valence-electron chi connectivity index (χ0n) is 17.2. The molecule has 2 aromatic carbocycles. The van der Waals surface area contributed by atoms with Gasteiger partial charge in [-0.25, -0.2) is 14.7 Å². The molecule has 0 radical (unpaired) electrons. The minimum atomic E-state index is -0.750. The highest BCUT2D eigenvalue weighted by molar-refractivity contribution is 6.35. The average Bonchev–Trinajstić information content (AvgIpc) is 2.79. The summed E-state index contributed by atoms with van der Waals surface area (Å²) in [4.78, 5) is 33.1. The van der Waals surface area contributed by atoms with Gasteiger partial charge in [-0.2, -0.15) is 0 Å². The number of hydrogen-bond donors (Lipinski definition) is 0. The molecule has 3 aromatic rings. The van der Waals surface area contributed by atoms with Gasteiger partial charge in [0.05, 0.1) is 17.0 Å². The first kappa shape index (κ1) is 20.6. The van der Waals surface area contributed by atoms with Gasteiger partial charge in [-0.15, -0.1) is 0 Å². The number of rotatable bonds is 2. The first-order valence-corrected chi connectivity index (χ1v) is 10.2. The number of urea groups is 1. The number of amides is 3. The molecule has 6 heteroatoms. The van der Waals surface area contributed by atoms with Crippen molar-refractivity contribution in [3.05, 3.63) is 94.6 Å². The minimum absolute atomic E-state index is 0.115. The molecule has 0 bridgehead atoms. The fraction of sp³-hybridized carbons (Fsp3) is 0.160. The van der Waals surface area contributed by atoms with Gasteiger partial charge < -0.3 is 4.90 Å². The zero-order valence-corrected chi connectivity index (χ0v) is 17.9. The van der Waals surface area contributed by atoms with Crippen LogP contribution in [0.1, 0.15) is 30.0 Å². The molecule has 1 saturated heterocycles. The van der Waals surface area contributed by atoms with Crippen molar-refractivity contribution in [2.45, 2.75) is 18.9 Å². The molecule has 31 heavy (non-hydrogen) atoms. The Kier molecular flexibility index (Phi) is 5.50. The molecule has 1 fully saturated rings. The van der Waals surface area contributed by atoms with Gasteiger partial charge >= 0.3 is 6.03 Å². The van der Waals surface area contributed by atoms with Gasteiger partial charge in [0.1, 0.15) is 0 Å². The number of nitrogens with zero attached hydrogens (tertiary/aromatic N) is 3. The Morgan fingerprint density at radius 2 is 1.58 bits per heavy atom. The van der Waals surface area contributed by atoms with Crippen molar-refractivity contribution in [2.75, 3.05) is 11.9 Å². The largest absolute Gasteiger partial charge is 0.333 e. The highest BCUT2D eigenvalue weighted by atomic mass is 35.5. The Balaban J connectivity index is 1.62. The lowest BCUT2D eigenvalue weighted by atomic mass is 9.85. The first-order valence-electron chi connectivity index (χ1n) is 9.79. The molecule has 1 aliphatic heterocycles. The Hall–Kier alpha value is -3.62. The predicted molar refractivity (Wildman–Crippen MR) is 121 cm³/mol. The lowest BCUT2D eigenvalue weighted by Crippen LogP contribution is -2.60. The van der Waals surface area contributed by atoms with Gasteiger partial charge in [0.25, 0.3) is 0 Å². The van der Waals surface area contributed by atoms with E-state index in [4.69, 9.17) is 11.6 Å². The number of carbonyl (C=O) groups excluding carboxylic acids is 2. The number of benzene rings is 2. The number of halogens is 1. The van der Waals surface area contributed by atoms with Gasteiger partial charge in [-0.1, -0.05) is 72.0 Å². The first-order chi connectivity index (χ1) is 14.9. The maximum absolute atomic E-state index is 13.2. The monoisotopic (exact) mass is 429 g/mol. The van der Waals surface area contributed by atoms with Crippen molar-refractivity contribution in [3.8, 4) is 11.8 Å². The standard InChI is InChI=1S/C25H20ClN3O2/c1-25(20-11-7-4-8-12-20)16-22(30)29(24(31)28(25)2)23-21(26)15-19(17-27-23)14-13-18-9-5-3-6-10-18/h3-12,15,17H,16H2,1-2H3/t25-/m0/s1. The normalized spacial score (nSPS) is 18.5. The van der Waals surface area contributed by atoms with Gasteiger partial charge in [0, 0.05) is 24.4 Å². The summed E-state index contributed by atoms with van der Waals surface area (Å²) < 4.78 is 0. The molecule has 2 heterocycles. The summed E-state index contributed by atoms with van der Waals surface area (Å²) in [6, 6.07) is 20.2. The molecule has 1 aromatic heterocycles. The van der Waals surface area contributed by atoms with Crippen LogP contribution in [-0.4, -0.2) is 28.9 Å². The Morgan fingerprint density at radius 3 is 2.23 bits per heavy atom. The fourth-order valence-corrected chi connectivity index (χ4v) is 3.84. The van der Waals surface area contributed by atoms with Crippen LogP contribution in [0.4, 0.5) is 10.6 Å². The smallest absolute Gasteiger partial charge is 0.317 e. The number of hydrogen-bond acceptors (Lipinski definition) is 3. The maximum atomic E-state index is 13.2. The van der Waals surface area contributed by atoms with Crippen molar-refractivity contribution in [1.82, 2.24) is 9.88 Å². The molecule has 0 unspecified atom stereocenters. The lowest BCUT2D eigenvalue weighted by Gasteiger charge is -2.45. The molecular weight excluding hydrogens is 410 g/mol. The molecule has 4 rings (SSSR count).